The summed E-state index contributed by atoms with van der Waals surface area (Å²) in [7, 11) is 0. The third-order valence-electron chi connectivity index (χ3n) is 8.54. The van der Waals surface area contributed by atoms with Gasteiger partial charge in [-0.1, -0.05) is 84.9 Å². The molecule has 4 aromatic heterocycles. The Morgan fingerprint density at radius 1 is 0.400 bits per heavy atom. The van der Waals surface area contributed by atoms with E-state index in [0.29, 0.717) is 17.2 Å². The molecular formula is C39H21N3O3. The van der Waals surface area contributed by atoms with Crippen LogP contribution in [0.15, 0.2) is 141 Å². The first-order valence-corrected chi connectivity index (χ1v) is 14.8. The van der Waals surface area contributed by atoms with E-state index in [1.165, 1.54) is 0 Å². The van der Waals surface area contributed by atoms with Crippen molar-refractivity contribution < 1.29 is 13.3 Å². The monoisotopic (exact) mass is 579 g/mol. The fourth-order valence-electron chi connectivity index (χ4n) is 6.52. The summed E-state index contributed by atoms with van der Waals surface area (Å²) in [5.74, 6) is 0.579. The average molecular weight is 580 g/mol. The average Bonchev–Trinajstić information content (AvgIpc) is 3.81. The van der Waals surface area contributed by atoms with E-state index in [1.807, 2.05) is 84.9 Å². The standard InChI is InChI=1S/C39H21N3O3/c1-3-11-22(12-4-1)34-35(41-39-36(40-34)26-17-9-10-18-28(26)44-39)27-21-31-32(25-16-8-7-15-24(25)27)33-29(43-31)19-20-30-37(33)42-38(45-30)23-13-5-2-6-14-23/h1-21H. The SMILES string of the molecule is c1ccc(-c2nc3c(ccc4oc5cc(-c6nc7oc8ccccc8c7nc6-c6ccccc6)c6ccccc6c5c43)o2)cc1. The number of rotatable bonds is 3. The first kappa shape index (κ1) is 24.2. The minimum absolute atomic E-state index is 0.498. The molecule has 0 atom stereocenters. The van der Waals surface area contributed by atoms with E-state index in [-0.39, 0.29) is 0 Å². The number of aromatic nitrogens is 3. The van der Waals surface area contributed by atoms with Crippen LogP contribution in [0.1, 0.15) is 0 Å². The third-order valence-corrected chi connectivity index (χ3v) is 8.54. The molecule has 6 aromatic carbocycles. The molecule has 0 aliphatic carbocycles. The van der Waals surface area contributed by atoms with Crippen LogP contribution in [0.3, 0.4) is 0 Å². The van der Waals surface area contributed by atoms with Crippen molar-refractivity contribution >= 4 is 66.0 Å². The Hall–Kier alpha value is -6.27. The molecule has 0 unspecified atom stereocenters. The molecule has 210 valence electrons. The molecule has 4 heterocycles. The molecule has 0 amide bonds. The van der Waals surface area contributed by atoms with Crippen LogP contribution < -0.4 is 0 Å². The molecule has 0 bridgehead atoms. The fourth-order valence-corrected chi connectivity index (χ4v) is 6.52. The summed E-state index contributed by atoms with van der Waals surface area (Å²) in [6.45, 7) is 0. The maximum Gasteiger partial charge on any atom is 0.246 e. The Labute approximate surface area is 255 Å². The summed E-state index contributed by atoms with van der Waals surface area (Å²) in [6, 6.07) is 42.4. The van der Waals surface area contributed by atoms with Crippen molar-refractivity contribution in [2.24, 2.45) is 0 Å². The zero-order valence-corrected chi connectivity index (χ0v) is 23.7. The van der Waals surface area contributed by atoms with Crippen LogP contribution in [-0.2, 0) is 0 Å². The Balaban J connectivity index is 1.30. The number of furan rings is 2. The van der Waals surface area contributed by atoms with Gasteiger partial charge in [-0.05, 0) is 53.2 Å². The molecule has 0 fully saturated rings. The summed E-state index contributed by atoms with van der Waals surface area (Å²) in [4.78, 5) is 15.3. The second-order valence-electron chi connectivity index (χ2n) is 11.2. The van der Waals surface area contributed by atoms with Crippen LogP contribution in [0.5, 0.6) is 0 Å². The Kier molecular flexibility index (Phi) is 4.90. The molecule has 45 heavy (non-hydrogen) atoms. The number of para-hydroxylation sites is 1. The van der Waals surface area contributed by atoms with E-state index < -0.39 is 0 Å². The first-order chi connectivity index (χ1) is 22.3. The van der Waals surface area contributed by atoms with Crippen molar-refractivity contribution in [3.8, 4) is 34.0 Å². The second-order valence-corrected chi connectivity index (χ2v) is 11.2. The Morgan fingerprint density at radius 3 is 1.91 bits per heavy atom. The van der Waals surface area contributed by atoms with Crippen LogP contribution >= 0.6 is 0 Å². The van der Waals surface area contributed by atoms with Gasteiger partial charge in [-0.15, -0.1) is 0 Å². The maximum atomic E-state index is 6.57. The summed E-state index contributed by atoms with van der Waals surface area (Å²) < 4.78 is 19.0. The molecule has 0 spiro atoms. The van der Waals surface area contributed by atoms with Gasteiger partial charge < -0.3 is 13.3 Å². The van der Waals surface area contributed by atoms with Gasteiger partial charge in [0, 0.05) is 27.5 Å². The number of nitrogens with zero attached hydrogens (tertiary/aromatic N) is 3. The van der Waals surface area contributed by atoms with Crippen LogP contribution in [0.4, 0.5) is 0 Å². The molecule has 10 aromatic rings. The predicted molar refractivity (Wildman–Crippen MR) is 178 cm³/mol. The highest BCUT2D eigenvalue weighted by atomic mass is 16.4. The predicted octanol–water partition coefficient (Wildman–Crippen LogP) is 10.6. The molecule has 6 heteroatoms. The smallest absolute Gasteiger partial charge is 0.246 e. The van der Waals surface area contributed by atoms with Gasteiger partial charge in [0.2, 0.25) is 11.6 Å². The maximum absolute atomic E-state index is 6.57. The highest BCUT2D eigenvalue weighted by molar-refractivity contribution is 6.27. The van der Waals surface area contributed by atoms with Crippen molar-refractivity contribution in [3.63, 3.8) is 0 Å². The van der Waals surface area contributed by atoms with E-state index in [0.717, 1.165) is 82.8 Å². The zero-order valence-electron chi connectivity index (χ0n) is 23.7. The minimum Gasteiger partial charge on any atom is -0.456 e. The number of benzene rings is 6. The molecule has 10 rings (SSSR count). The quantitative estimate of drug-likeness (QED) is 0.207. The van der Waals surface area contributed by atoms with Gasteiger partial charge in [-0.25, -0.2) is 15.0 Å². The van der Waals surface area contributed by atoms with Gasteiger partial charge in [0.25, 0.3) is 0 Å². The van der Waals surface area contributed by atoms with Crippen LogP contribution in [-0.4, -0.2) is 15.0 Å². The van der Waals surface area contributed by atoms with Gasteiger partial charge >= 0.3 is 0 Å². The number of fused-ring (bicyclic) bond motifs is 10. The van der Waals surface area contributed by atoms with Crippen LogP contribution in [0, 0.1) is 0 Å². The summed E-state index contributed by atoms with van der Waals surface area (Å²) in [6.07, 6.45) is 0. The summed E-state index contributed by atoms with van der Waals surface area (Å²) in [5, 5.41) is 4.91. The first-order valence-electron chi connectivity index (χ1n) is 14.8. The highest BCUT2D eigenvalue weighted by Gasteiger charge is 2.23. The van der Waals surface area contributed by atoms with Crippen molar-refractivity contribution in [3.05, 3.63) is 127 Å². The molecule has 0 aliphatic rings. The molecule has 0 radical (unpaired) electrons. The normalized spacial score (nSPS) is 12.0. The van der Waals surface area contributed by atoms with Crippen molar-refractivity contribution in [1.82, 2.24) is 15.0 Å². The zero-order chi connectivity index (χ0) is 29.5. The molecule has 0 N–H and O–H groups in total. The van der Waals surface area contributed by atoms with Crippen molar-refractivity contribution in [2.45, 2.75) is 0 Å². The lowest BCUT2D eigenvalue weighted by atomic mass is 9.95. The number of oxazole rings is 1. The lowest BCUT2D eigenvalue weighted by Gasteiger charge is -2.12. The van der Waals surface area contributed by atoms with Gasteiger partial charge in [0.1, 0.15) is 33.5 Å². The lowest BCUT2D eigenvalue weighted by molar-refractivity contribution is 0.619. The highest BCUT2D eigenvalue weighted by Crippen LogP contribution is 2.44. The fraction of sp³-hybridized carbons (Fsp3) is 0. The van der Waals surface area contributed by atoms with Crippen LogP contribution in [0.2, 0.25) is 0 Å². The van der Waals surface area contributed by atoms with Crippen molar-refractivity contribution in [1.29, 1.82) is 0 Å². The van der Waals surface area contributed by atoms with E-state index in [9.17, 15) is 0 Å². The second kappa shape index (κ2) is 9.11. The van der Waals surface area contributed by atoms with E-state index >= 15 is 0 Å². The van der Waals surface area contributed by atoms with Gasteiger partial charge in [0.15, 0.2) is 5.58 Å². The van der Waals surface area contributed by atoms with E-state index in [1.54, 1.807) is 0 Å². The summed E-state index contributed by atoms with van der Waals surface area (Å²) in [5.41, 5.74) is 9.28. The third kappa shape index (κ3) is 3.53. The van der Waals surface area contributed by atoms with Gasteiger partial charge in [-0.2, -0.15) is 0 Å². The molecule has 0 aliphatic heterocycles. The van der Waals surface area contributed by atoms with E-state index in [2.05, 4.69) is 42.5 Å². The number of hydrogen-bond donors (Lipinski definition) is 0. The van der Waals surface area contributed by atoms with Crippen molar-refractivity contribution in [2.75, 3.05) is 0 Å². The number of hydrogen-bond acceptors (Lipinski definition) is 6. The van der Waals surface area contributed by atoms with Gasteiger partial charge in [-0.3, -0.25) is 0 Å². The molecule has 0 saturated carbocycles. The Morgan fingerprint density at radius 2 is 1.09 bits per heavy atom. The minimum atomic E-state index is 0.498. The largest absolute Gasteiger partial charge is 0.456 e. The molecule has 6 nitrogen and oxygen atoms in total. The molecule has 0 saturated heterocycles. The van der Waals surface area contributed by atoms with Gasteiger partial charge in [0.05, 0.1) is 11.1 Å². The van der Waals surface area contributed by atoms with E-state index in [4.69, 9.17) is 28.2 Å². The topological polar surface area (TPSA) is 78.1 Å². The molecular weight excluding hydrogens is 558 g/mol. The summed E-state index contributed by atoms with van der Waals surface area (Å²) >= 11 is 0. The lowest BCUT2D eigenvalue weighted by Crippen LogP contribution is -1.95. The Bertz CT molecular complexity index is 2760. The van der Waals surface area contributed by atoms with Crippen LogP contribution in [0.25, 0.3) is 100.0 Å².